The number of aryl methyl sites for hydroxylation is 1. The maximum atomic E-state index is 11.9. The van der Waals surface area contributed by atoms with Gasteiger partial charge in [-0.1, -0.05) is 13.0 Å². The van der Waals surface area contributed by atoms with Crippen molar-refractivity contribution in [3.63, 3.8) is 0 Å². The van der Waals surface area contributed by atoms with E-state index in [0.29, 0.717) is 10.6 Å². The van der Waals surface area contributed by atoms with E-state index < -0.39 is 5.92 Å². The highest BCUT2D eigenvalue weighted by atomic mass is 32.1. The van der Waals surface area contributed by atoms with Gasteiger partial charge in [-0.2, -0.15) is 5.26 Å². The number of ketones is 1. The average Bonchev–Trinajstić information content (AvgIpc) is 2.66. The third kappa shape index (κ3) is 2.77. The van der Waals surface area contributed by atoms with Gasteiger partial charge in [-0.05, 0) is 25.8 Å². The Morgan fingerprint density at radius 1 is 1.75 bits per heavy atom. The summed E-state index contributed by atoms with van der Waals surface area (Å²) in [5, 5.41) is 11.5. The number of nitrogens with zero attached hydrogens (tertiary/aromatic N) is 2. The fourth-order valence-corrected chi connectivity index (χ4v) is 2.20. The van der Waals surface area contributed by atoms with E-state index in [-0.39, 0.29) is 5.78 Å². The molecule has 0 amide bonds. The van der Waals surface area contributed by atoms with E-state index in [0.717, 1.165) is 12.1 Å². The standard InChI is InChI=1S/C12H14N2OS/c1-4-5-8(2)11(15)10(6-13)12-14-9(3)7-16-12/h5,7,10H,4H2,1-3H3/b8-5+/t10-/m1/s1. The predicted octanol–water partition coefficient (Wildman–Crippen LogP) is 2.98. The van der Waals surface area contributed by atoms with Gasteiger partial charge in [-0.25, -0.2) is 4.98 Å². The lowest BCUT2D eigenvalue weighted by atomic mass is 10.00. The molecule has 0 saturated carbocycles. The van der Waals surface area contributed by atoms with Crippen LogP contribution < -0.4 is 0 Å². The Bertz CT molecular complexity index is 454. The van der Waals surface area contributed by atoms with E-state index in [2.05, 4.69) is 4.98 Å². The first-order chi connectivity index (χ1) is 7.60. The predicted molar refractivity (Wildman–Crippen MR) is 64.3 cm³/mol. The normalized spacial score (nSPS) is 13.2. The van der Waals surface area contributed by atoms with Gasteiger partial charge in [0.25, 0.3) is 0 Å². The monoisotopic (exact) mass is 234 g/mol. The van der Waals surface area contributed by atoms with E-state index >= 15 is 0 Å². The molecule has 0 aliphatic heterocycles. The van der Waals surface area contributed by atoms with Gasteiger partial charge in [-0.15, -0.1) is 11.3 Å². The van der Waals surface area contributed by atoms with Crippen LogP contribution in [0.25, 0.3) is 0 Å². The second-order valence-electron chi connectivity index (χ2n) is 3.55. The van der Waals surface area contributed by atoms with Crippen molar-refractivity contribution in [1.82, 2.24) is 4.98 Å². The Hall–Kier alpha value is -1.47. The molecule has 0 aromatic carbocycles. The van der Waals surface area contributed by atoms with Gasteiger partial charge in [0.2, 0.25) is 0 Å². The van der Waals surface area contributed by atoms with Crippen LogP contribution in [0.15, 0.2) is 17.0 Å². The Morgan fingerprint density at radius 3 is 2.88 bits per heavy atom. The van der Waals surface area contributed by atoms with Crippen molar-refractivity contribution in [2.75, 3.05) is 0 Å². The van der Waals surface area contributed by atoms with Gasteiger partial charge in [0.1, 0.15) is 5.01 Å². The molecule has 0 aliphatic carbocycles. The number of nitriles is 1. The van der Waals surface area contributed by atoms with Crippen molar-refractivity contribution in [2.24, 2.45) is 0 Å². The summed E-state index contributed by atoms with van der Waals surface area (Å²) in [6.07, 6.45) is 2.64. The van der Waals surface area contributed by atoms with Crippen LogP contribution in [0.4, 0.5) is 0 Å². The minimum atomic E-state index is -0.749. The van der Waals surface area contributed by atoms with Crippen molar-refractivity contribution in [3.8, 4) is 6.07 Å². The third-order valence-electron chi connectivity index (χ3n) is 2.17. The summed E-state index contributed by atoms with van der Waals surface area (Å²) in [7, 11) is 0. The lowest BCUT2D eigenvalue weighted by Crippen LogP contribution is -2.11. The van der Waals surface area contributed by atoms with Gasteiger partial charge < -0.3 is 0 Å². The first-order valence-corrected chi connectivity index (χ1v) is 6.00. The SMILES string of the molecule is CC/C=C(\C)C(=O)[C@@H](C#N)c1nc(C)cs1. The molecule has 16 heavy (non-hydrogen) atoms. The molecule has 0 fully saturated rings. The molecule has 0 spiro atoms. The maximum absolute atomic E-state index is 11.9. The van der Waals surface area contributed by atoms with Crippen molar-refractivity contribution < 1.29 is 4.79 Å². The van der Waals surface area contributed by atoms with Gasteiger partial charge in [0.05, 0.1) is 6.07 Å². The zero-order valence-corrected chi connectivity index (χ0v) is 10.5. The number of carbonyl (C=O) groups is 1. The fourth-order valence-electron chi connectivity index (χ4n) is 1.37. The zero-order valence-electron chi connectivity index (χ0n) is 9.65. The van der Waals surface area contributed by atoms with E-state index in [1.54, 1.807) is 6.92 Å². The number of hydrogen-bond acceptors (Lipinski definition) is 4. The Balaban J connectivity index is 2.97. The third-order valence-corrected chi connectivity index (χ3v) is 3.20. The topological polar surface area (TPSA) is 53.8 Å². The summed E-state index contributed by atoms with van der Waals surface area (Å²) >= 11 is 1.36. The molecule has 1 rings (SSSR count). The summed E-state index contributed by atoms with van der Waals surface area (Å²) < 4.78 is 0. The molecule has 84 valence electrons. The van der Waals surface area contributed by atoms with E-state index in [1.807, 2.05) is 31.4 Å². The van der Waals surface area contributed by atoms with Crippen LogP contribution in [0.1, 0.15) is 36.9 Å². The van der Waals surface area contributed by atoms with E-state index in [9.17, 15) is 4.79 Å². The van der Waals surface area contributed by atoms with Crippen molar-refractivity contribution in [1.29, 1.82) is 5.26 Å². The fraction of sp³-hybridized carbons (Fsp3) is 0.417. The second kappa shape index (κ2) is 5.57. The summed E-state index contributed by atoms with van der Waals surface area (Å²) in [6, 6.07) is 2.03. The van der Waals surface area contributed by atoms with E-state index in [1.165, 1.54) is 11.3 Å². The number of thiazole rings is 1. The number of carbonyl (C=O) groups excluding carboxylic acids is 1. The second-order valence-corrected chi connectivity index (χ2v) is 4.44. The summed E-state index contributed by atoms with van der Waals surface area (Å²) in [6.45, 7) is 5.57. The van der Waals surface area contributed by atoms with Crippen LogP contribution in [0, 0.1) is 18.3 Å². The minimum absolute atomic E-state index is 0.140. The van der Waals surface area contributed by atoms with Crippen LogP contribution in [0.3, 0.4) is 0 Å². The molecular weight excluding hydrogens is 220 g/mol. The van der Waals surface area contributed by atoms with Crippen LogP contribution in [-0.2, 0) is 4.79 Å². The summed E-state index contributed by atoms with van der Waals surface area (Å²) in [5.74, 6) is -0.889. The highest BCUT2D eigenvalue weighted by Gasteiger charge is 2.23. The highest BCUT2D eigenvalue weighted by molar-refractivity contribution is 7.10. The molecule has 1 heterocycles. The van der Waals surface area contributed by atoms with Crippen LogP contribution in [0.5, 0.6) is 0 Å². The van der Waals surface area contributed by atoms with Gasteiger partial charge in [0.15, 0.2) is 11.7 Å². The quantitative estimate of drug-likeness (QED) is 0.752. The molecule has 0 radical (unpaired) electrons. The zero-order chi connectivity index (χ0) is 12.1. The highest BCUT2D eigenvalue weighted by Crippen LogP contribution is 2.23. The minimum Gasteiger partial charge on any atom is -0.293 e. The Kier molecular flexibility index (Phi) is 4.39. The molecule has 1 aromatic heterocycles. The molecular formula is C12H14N2OS. The Labute approximate surface area is 99.4 Å². The van der Waals surface area contributed by atoms with E-state index in [4.69, 9.17) is 5.26 Å². The van der Waals surface area contributed by atoms with Crippen molar-refractivity contribution in [3.05, 3.63) is 27.7 Å². The lowest BCUT2D eigenvalue weighted by molar-refractivity contribution is -0.115. The number of allylic oxidation sites excluding steroid dienone is 2. The molecule has 4 heteroatoms. The van der Waals surface area contributed by atoms with Gasteiger partial charge in [0, 0.05) is 11.1 Å². The molecule has 0 unspecified atom stereocenters. The average molecular weight is 234 g/mol. The molecule has 0 aliphatic rings. The molecule has 0 bridgehead atoms. The van der Waals surface area contributed by atoms with Crippen molar-refractivity contribution in [2.45, 2.75) is 33.1 Å². The summed E-state index contributed by atoms with van der Waals surface area (Å²) in [4.78, 5) is 16.1. The van der Waals surface area contributed by atoms with Crippen LogP contribution in [0.2, 0.25) is 0 Å². The molecule has 0 N–H and O–H groups in total. The molecule has 1 aromatic rings. The smallest absolute Gasteiger partial charge is 0.182 e. The number of Topliss-reactive ketones (excluding diaryl/α,β-unsaturated/α-hetero) is 1. The van der Waals surface area contributed by atoms with Crippen molar-refractivity contribution >= 4 is 17.1 Å². The summed E-state index contributed by atoms with van der Waals surface area (Å²) in [5.41, 5.74) is 1.49. The first-order valence-electron chi connectivity index (χ1n) is 5.12. The van der Waals surface area contributed by atoms with Gasteiger partial charge in [-0.3, -0.25) is 4.79 Å². The largest absolute Gasteiger partial charge is 0.293 e. The number of aromatic nitrogens is 1. The number of rotatable bonds is 4. The number of hydrogen-bond donors (Lipinski definition) is 0. The van der Waals surface area contributed by atoms with Gasteiger partial charge >= 0.3 is 0 Å². The van der Waals surface area contributed by atoms with Crippen LogP contribution in [-0.4, -0.2) is 10.8 Å². The lowest BCUT2D eigenvalue weighted by Gasteiger charge is -2.04. The maximum Gasteiger partial charge on any atom is 0.182 e. The molecule has 0 saturated heterocycles. The molecule has 3 nitrogen and oxygen atoms in total. The first kappa shape index (κ1) is 12.6. The molecule has 1 atom stereocenters. The Morgan fingerprint density at radius 2 is 2.44 bits per heavy atom. The van der Waals surface area contributed by atoms with Crippen LogP contribution >= 0.6 is 11.3 Å².